The monoisotopic (exact) mass is 235 g/mol. The molecule has 0 spiro atoms. The molecule has 1 atom stereocenters. The summed E-state index contributed by atoms with van der Waals surface area (Å²) in [5, 5.41) is 3.49. The number of rotatable bonds is 7. The quantitative estimate of drug-likeness (QED) is 0.736. The van der Waals surface area contributed by atoms with Crippen LogP contribution in [-0.2, 0) is 0 Å². The Labute approximate surface area is 103 Å². The second kappa shape index (κ2) is 5.92. The maximum atomic E-state index is 5.64. The molecule has 0 heterocycles. The van der Waals surface area contributed by atoms with E-state index in [9.17, 15) is 0 Å². The summed E-state index contributed by atoms with van der Waals surface area (Å²) in [5.74, 6) is 2.65. The van der Waals surface area contributed by atoms with Gasteiger partial charge in [0.15, 0.2) is 0 Å². The van der Waals surface area contributed by atoms with Gasteiger partial charge in [-0.2, -0.15) is 0 Å². The summed E-state index contributed by atoms with van der Waals surface area (Å²) in [4.78, 5) is 0. The zero-order chi connectivity index (χ0) is 12.1. The van der Waals surface area contributed by atoms with Crippen LogP contribution >= 0.6 is 0 Å². The fourth-order valence-corrected chi connectivity index (χ4v) is 1.89. The van der Waals surface area contributed by atoms with Crippen LogP contribution < -0.4 is 14.8 Å². The van der Waals surface area contributed by atoms with Gasteiger partial charge < -0.3 is 14.8 Å². The Morgan fingerprint density at radius 1 is 1.24 bits per heavy atom. The Hall–Kier alpha value is -1.22. The van der Waals surface area contributed by atoms with Crippen LogP contribution in [0.2, 0.25) is 0 Å². The van der Waals surface area contributed by atoms with Crippen LogP contribution in [0.5, 0.6) is 11.5 Å². The molecule has 17 heavy (non-hydrogen) atoms. The first kappa shape index (κ1) is 12.2. The van der Waals surface area contributed by atoms with Crippen molar-refractivity contribution in [1.82, 2.24) is 5.32 Å². The Bertz CT molecular complexity index is 333. The summed E-state index contributed by atoms with van der Waals surface area (Å²) in [5.41, 5.74) is 0. The fraction of sp³-hybridized carbons (Fsp3) is 0.571. The summed E-state index contributed by atoms with van der Waals surface area (Å²) >= 11 is 0. The molecule has 94 valence electrons. The highest BCUT2D eigenvalue weighted by atomic mass is 16.5. The minimum absolute atomic E-state index is 0.634. The molecule has 1 saturated carbocycles. The van der Waals surface area contributed by atoms with Crippen LogP contribution in [0.4, 0.5) is 0 Å². The maximum absolute atomic E-state index is 5.64. The number of nitrogens with one attached hydrogen (secondary N) is 1. The highest BCUT2D eigenvalue weighted by Gasteiger charge is 2.27. The van der Waals surface area contributed by atoms with Gasteiger partial charge in [0.2, 0.25) is 0 Å². The SMILES string of the molecule is COc1ccc(OCCNC(C)C2CC2)cc1. The highest BCUT2D eigenvalue weighted by molar-refractivity contribution is 5.31. The van der Waals surface area contributed by atoms with Gasteiger partial charge in [-0.3, -0.25) is 0 Å². The molecular weight excluding hydrogens is 214 g/mol. The van der Waals surface area contributed by atoms with Gasteiger partial charge in [0, 0.05) is 12.6 Å². The van der Waals surface area contributed by atoms with E-state index >= 15 is 0 Å². The molecule has 0 aromatic heterocycles. The molecule has 1 aliphatic rings. The van der Waals surface area contributed by atoms with Gasteiger partial charge in [-0.25, -0.2) is 0 Å². The van der Waals surface area contributed by atoms with Crippen LogP contribution in [0.3, 0.4) is 0 Å². The largest absolute Gasteiger partial charge is 0.497 e. The molecule has 0 bridgehead atoms. The first-order valence-corrected chi connectivity index (χ1v) is 6.30. The Morgan fingerprint density at radius 3 is 2.47 bits per heavy atom. The predicted molar refractivity (Wildman–Crippen MR) is 68.7 cm³/mol. The van der Waals surface area contributed by atoms with Crippen molar-refractivity contribution in [3.05, 3.63) is 24.3 Å². The third kappa shape index (κ3) is 3.93. The van der Waals surface area contributed by atoms with Crippen LogP contribution in [0.25, 0.3) is 0 Å². The molecule has 2 rings (SSSR count). The van der Waals surface area contributed by atoms with Crippen LogP contribution in [0.1, 0.15) is 19.8 Å². The first-order valence-electron chi connectivity index (χ1n) is 6.30. The van der Waals surface area contributed by atoms with Crippen molar-refractivity contribution in [3.8, 4) is 11.5 Å². The van der Waals surface area contributed by atoms with Gasteiger partial charge in [-0.15, -0.1) is 0 Å². The van der Waals surface area contributed by atoms with Crippen molar-refractivity contribution in [1.29, 1.82) is 0 Å². The Morgan fingerprint density at radius 2 is 1.88 bits per heavy atom. The molecule has 3 heteroatoms. The number of ether oxygens (including phenoxy) is 2. The molecule has 1 N–H and O–H groups in total. The molecule has 1 fully saturated rings. The minimum Gasteiger partial charge on any atom is -0.497 e. The number of hydrogen-bond donors (Lipinski definition) is 1. The Kier molecular flexibility index (Phi) is 4.26. The van der Waals surface area contributed by atoms with Gasteiger partial charge in [0.05, 0.1) is 7.11 Å². The lowest BCUT2D eigenvalue weighted by Gasteiger charge is -2.13. The van der Waals surface area contributed by atoms with E-state index in [1.165, 1.54) is 12.8 Å². The summed E-state index contributed by atoms with van der Waals surface area (Å²) in [7, 11) is 1.67. The van der Waals surface area contributed by atoms with Gasteiger partial charge >= 0.3 is 0 Å². The van der Waals surface area contributed by atoms with E-state index in [1.807, 2.05) is 24.3 Å². The maximum Gasteiger partial charge on any atom is 0.119 e. The van der Waals surface area contributed by atoms with Gasteiger partial charge in [0.1, 0.15) is 18.1 Å². The van der Waals surface area contributed by atoms with Crippen molar-refractivity contribution in [2.75, 3.05) is 20.3 Å². The molecule has 1 unspecified atom stereocenters. The minimum atomic E-state index is 0.634. The van der Waals surface area contributed by atoms with Crippen molar-refractivity contribution >= 4 is 0 Å². The topological polar surface area (TPSA) is 30.5 Å². The molecule has 3 nitrogen and oxygen atoms in total. The number of benzene rings is 1. The van der Waals surface area contributed by atoms with Gasteiger partial charge in [0.25, 0.3) is 0 Å². The van der Waals surface area contributed by atoms with E-state index in [0.29, 0.717) is 12.6 Å². The molecule has 0 radical (unpaired) electrons. The van der Waals surface area contributed by atoms with Crippen molar-refractivity contribution in [3.63, 3.8) is 0 Å². The van der Waals surface area contributed by atoms with E-state index < -0.39 is 0 Å². The predicted octanol–water partition coefficient (Wildman–Crippen LogP) is 2.46. The summed E-state index contributed by atoms with van der Waals surface area (Å²) < 4.78 is 10.7. The third-order valence-corrected chi connectivity index (χ3v) is 3.23. The molecule has 1 aromatic carbocycles. The van der Waals surface area contributed by atoms with E-state index in [0.717, 1.165) is 24.0 Å². The average molecular weight is 235 g/mol. The van der Waals surface area contributed by atoms with Crippen molar-refractivity contribution in [2.24, 2.45) is 5.92 Å². The second-order valence-corrected chi connectivity index (χ2v) is 4.60. The van der Waals surface area contributed by atoms with E-state index in [-0.39, 0.29) is 0 Å². The standard InChI is InChI=1S/C14H21NO2/c1-11(12-3-4-12)15-9-10-17-14-7-5-13(16-2)6-8-14/h5-8,11-12,15H,3-4,9-10H2,1-2H3. The average Bonchev–Trinajstić information content (AvgIpc) is 3.19. The molecule has 1 aliphatic carbocycles. The van der Waals surface area contributed by atoms with Crippen LogP contribution in [-0.4, -0.2) is 26.3 Å². The Balaban J connectivity index is 1.63. The number of hydrogen-bond acceptors (Lipinski definition) is 3. The van der Waals surface area contributed by atoms with Crippen LogP contribution in [0, 0.1) is 5.92 Å². The molecule has 0 amide bonds. The molecule has 1 aromatic rings. The lowest BCUT2D eigenvalue weighted by Crippen LogP contribution is -2.31. The van der Waals surface area contributed by atoms with Crippen molar-refractivity contribution < 1.29 is 9.47 Å². The smallest absolute Gasteiger partial charge is 0.119 e. The molecule has 0 saturated heterocycles. The fourth-order valence-electron chi connectivity index (χ4n) is 1.89. The van der Waals surface area contributed by atoms with Gasteiger partial charge in [-0.05, 0) is 49.9 Å². The lowest BCUT2D eigenvalue weighted by molar-refractivity contribution is 0.302. The third-order valence-electron chi connectivity index (χ3n) is 3.23. The summed E-state index contributed by atoms with van der Waals surface area (Å²) in [6, 6.07) is 8.33. The number of methoxy groups -OCH3 is 1. The summed E-state index contributed by atoms with van der Waals surface area (Å²) in [6.07, 6.45) is 2.76. The van der Waals surface area contributed by atoms with E-state index in [4.69, 9.17) is 9.47 Å². The zero-order valence-electron chi connectivity index (χ0n) is 10.6. The second-order valence-electron chi connectivity index (χ2n) is 4.60. The summed E-state index contributed by atoms with van der Waals surface area (Å²) in [6.45, 7) is 3.87. The van der Waals surface area contributed by atoms with E-state index in [2.05, 4.69) is 12.2 Å². The van der Waals surface area contributed by atoms with Crippen molar-refractivity contribution in [2.45, 2.75) is 25.8 Å². The van der Waals surface area contributed by atoms with Gasteiger partial charge in [-0.1, -0.05) is 0 Å². The molecular formula is C14H21NO2. The van der Waals surface area contributed by atoms with Crippen LogP contribution in [0.15, 0.2) is 24.3 Å². The highest BCUT2D eigenvalue weighted by Crippen LogP contribution is 2.32. The van der Waals surface area contributed by atoms with E-state index in [1.54, 1.807) is 7.11 Å². The zero-order valence-corrected chi connectivity index (χ0v) is 10.6. The normalized spacial score (nSPS) is 16.6. The molecule has 0 aliphatic heterocycles. The lowest BCUT2D eigenvalue weighted by atomic mass is 10.2. The first-order chi connectivity index (χ1) is 8.29.